The molecule has 2 aliphatic heterocycles. The number of carbonyl (C=O) groups is 1. The Bertz CT molecular complexity index is 360. The molecule has 1 aromatic rings. The van der Waals surface area contributed by atoms with E-state index >= 15 is 0 Å². The van der Waals surface area contributed by atoms with Gasteiger partial charge in [0.05, 0.1) is 0 Å². The Morgan fingerprint density at radius 2 is 2.46 bits per heavy atom. The lowest BCUT2D eigenvalue weighted by atomic mass is 10.2. The molecule has 3 N–H and O–H groups in total. The molecule has 2 unspecified atom stereocenters. The fourth-order valence-corrected chi connectivity index (χ4v) is 1.76. The van der Waals surface area contributed by atoms with Crippen molar-refractivity contribution >= 4 is 11.9 Å². The highest BCUT2D eigenvalue weighted by Gasteiger charge is 2.38. The molecule has 2 atom stereocenters. The fraction of sp³-hybridized carbons (Fsp3) is 0.429. The molecule has 68 valence electrons. The molecule has 1 fully saturated rings. The molecule has 1 saturated heterocycles. The highest BCUT2D eigenvalue weighted by atomic mass is 16.2. The fourth-order valence-electron chi connectivity index (χ4n) is 1.76. The molecular formula is C7H9N5O. The third kappa shape index (κ3) is 0.837. The minimum absolute atomic E-state index is 0.0256. The zero-order chi connectivity index (χ0) is 8.84. The van der Waals surface area contributed by atoms with E-state index in [2.05, 4.69) is 20.9 Å². The van der Waals surface area contributed by atoms with Crippen LogP contribution in [0.3, 0.4) is 0 Å². The van der Waals surface area contributed by atoms with Crippen LogP contribution in [0.2, 0.25) is 0 Å². The summed E-state index contributed by atoms with van der Waals surface area (Å²) < 4.78 is 1.53. The topological polar surface area (TPSA) is 71.0 Å². The second-order valence-electron chi connectivity index (χ2n) is 3.14. The number of fused-ring (bicyclic) bond motifs is 2. The van der Waals surface area contributed by atoms with Crippen molar-refractivity contribution in [1.82, 2.24) is 20.2 Å². The number of nitrogens with zero attached hydrogens (tertiary/aromatic N) is 2. The van der Waals surface area contributed by atoms with Crippen LogP contribution in [-0.4, -0.2) is 34.3 Å². The van der Waals surface area contributed by atoms with E-state index < -0.39 is 0 Å². The molecule has 6 heteroatoms. The normalized spacial score (nSPS) is 30.9. The smallest absolute Gasteiger partial charge is 0.254 e. The van der Waals surface area contributed by atoms with Crippen molar-refractivity contribution in [1.29, 1.82) is 0 Å². The van der Waals surface area contributed by atoms with Crippen molar-refractivity contribution < 1.29 is 4.79 Å². The molecule has 0 saturated carbocycles. The molecule has 3 heterocycles. The third-order valence-electron chi connectivity index (χ3n) is 2.41. The Labute approximate surface area is 74.3 Å². The van der Waals surface area contributed by atoms with E-state index in [0.717, 1.165) is 0 Å². The maximum absolute atomic E-state index is 11.7. The lowest BCUT2D eigenvalue weighted by molar-refractivity contribution is 0.0855. The summed E-state index contributed by atoms with van der Waals surface area (Å²) >= 11 is 0. The molecule has 0 radical (unpaired) electrons. The summed E-state index contributed by atoms with van der Waals surface area (Å²) in [5.74, 6) is 0.656. The van der Waals surface area contributed by atoms with Gasteiger partial charge in [-0.15, -0.1) is 0 Å². The molecule has 13 heavy (non-hydrogen) atoms. The van der Waals surface area contributed by atoms with Crippen LogP contribution in [0.5, 0.6) is 0 Å². The van der Waals surface area contributed by atoms with Crippen LogP contribution in [0.4, 0.5) is 5.95 Å². The van der Waals surface area contributed by atoms with Crippen LogP contribution in [0, 0.1) is 0 Å². The first-order chi connectivity index (χ1) is 6.36. The number of hydrogen-bond donors (Lipinski definition) is 3. The van der Waals surface area contributed by atoms with Crippen molar-refractivity contribution in [2.75, 3.05) is 12.0 Å². The highest BCUT2D eigenvalue weighted by molar-refractivity contribution is 5.89. The molecule has 0 aliphatic carbocycles. The van der Waals surface area contributed by atoms with Gasteiger partial charge in [0.25, 0.3) is 5.91 Å². The maximum atomic E-state index is 11.7. The van der Waals surface area contributed by atoms with Crippen LogP contribution < -0.4 is 16.0 Å². The summed E-state index contributed by atoms with van der Waals surface area (Å²) in [5, 5.41) is 9.32. The summed E-state index contributed by atoms with van der Waals surface area (Å²) in [6.07, 6.45) is 3.25. The quantitative estimate of drug-likeness (QED) is 0.466. The minimum atomic E-state index is -0.179. The van der Waals surface area contributed by atoms with Crippen molar-refractivity contribution in [2.24, 2.45) is 0 Å². The van der Waals surface area contributed by atoms with Gasteiger partial charge in [-0.1, -0.05) is 0 Å². The molecule has 2 aliphatic rings. The van der Waals surface area contributed by atoms with Gasteiger partial charge in [0, 0.05) is 19.1 Å². The second-order valence-corrected chi connectivity index (χ2v) is 3.14. The Balaban J connectivity index is 2.07. The Hall–Kier alpha value is -1.40. The first-order valence-corrected chi connectivity index (χ1v) is 4.17. The van der Waals surface area contributed by atoms with Crippen molar-refractivity contribution in [2.45, 2.75) is 12.2 Å². The van der Waals surface area contributed by atoms with Gasteiger partial charge in [-0.2, -0.15) is 0 Å². The largest absolute Gasteiger partial charge is 0.338 e. The van der Waals surface area contributed by atoms with Crippen molar-refractivity contribution in [3.8, 4) is 0 Å². The zero-order valence-corrected chi connectivity index (χ0v) is 6.82. The maximum Gasteiger partial charge on any atom is 0.254 e. The molecule has 6 nitrogen and oxygen atoms in total. The lowest BCUT2D eigenvalue weighted by Gasteiger charge is -2.25. The highest BCUT2D eigenvalue weighted by Crippen LogP contribution is 2.16. The Kier molecular flexibility index (Phi) is 1.25. The molecular weight excluding hydrogens is 170 g/mol. The summed E-state index contributed by atoms with van der Waals surface area (Å²) in [7, 11) is 0. The summed E-state index contributed by atoms with van der Waals surface area (Å²) in [5.41, 5.74) is 0. The van der Waals surface area contributed by atoms with E-state index in [9.17, 15) is 4.79 Å². The number of imidazole rings is 1. The van der Waals surface area contributed by atoms with E-state index in [4.69, 9.17) is 0 Å². The average molecular weight is 179 g/mol. The summed E-state index contributed by atoms with van der Waals surface area (Å²) in [4.78, 5) is 15.8. The molecule has 0 spiro atoms. The predicted octanol–water partition coefficient (Wildman–Crippen LogP) is -1.21. The molecule has 0 bridgehead atoms. The van der Waals surface area contributed by atoms with E-state index in [1.807, 2.05) is 0 Å². The van der Waals surface area contributed by atoms with Crippen LogP contribution in [0.25, 0.3) is 0 Å². The Morgan fingerprint density at radius 1 is 1.54 bits per heavy atom. The standard InChI is InChI=1S/C7H9N5O/c13-6-4-5(10-3-9-4)11-7-8-1-2-12(6)7/h1-2,4-5,9-10H,3H2,(H,8,11). The first kappa shape index (κ1) is 7.05. The van der Waals surface area contributed by atoms with E-state index in [0.29, 0.717) is 12.6 Å². The zero-order valence-electron chi connectivity index (χ0n) is 6.82. The number of aromatic nitrogens is 2. The molecule has 1 aromatic heterocycles. The molecule has 0 amide bonds. The minimum Gasteiger partial charge on any atom is -0.338 e. The second kappa shape index (κ2) is 2.30. The lowest BCUT2D eigenvalue weighted by Crippen LogP contribution is -2.51. The molecule has 0 aromatic carbocycles. The number of rotatable bonds is 0. The van der Waals surface area contributed by atoms with E-state index in [1.165, 1.54) is 4.57 Å². The third-order valence-corrected chi connectivity index (χ3v) is 2.41. The van der Waals surface area contributed by atoms with Crippen molar-refractivity contribution in [3.63, 3.8) is 0 Å². The van der Waals surface area contributed by atoms with Gasteiger partial charge >= 0.3 is 0 Å². The summed E-state index contributed by atoms with van der Waals surface area (Å²) in [6, 6.07) is -0.179. The van der Waals surface area contributed by atoms with Gasteiger partial charge in [-0.25, -0.2) is 4.98 Å². The van der Waals surface area contributed by atoms with Crippen LogP contribution in [-0.2, 0) is 0 Å². The number of nitrogens with one attached hydrogen (secondary N) is 3. The SMILES string of the molecule is O=C1C2NCNC2Nc2nccn21. The van der Waals surface area contributed by atoms with Gasteiger partial charge in [-0.05, 0) is 0 Å². The number of carbonyl (C=O) groups excluding carboxylic acids is 1. The van der Waals surface area contributed by atoms with Crippen molar-refractivity contribution in [3.05, 3.63) is 12.4 Å². The molecule has 3 rings (SSSR count). The van der Waals surface area contributed by atoms with Gasteiger partial charge in [0.1, 0.15) is 12.2 Å². The van der Waals surface area contributed by atoms with E-state index in [1.54, 1.807) is 12.4 Å². The van der Waals surface area contributed by atoms with Crippen LogP contribution in [0.15, 0.2) is 12.4 Å². The van der Waals surface area contributed by atoms with E-state index in [-0.39, 0.29) is 18.1 Å². The summed E-state index contributed by atoms with van der Waals surface area (Å²) in [6.45, 7) is 0.652. The average Bonchev–Trinajstić information content (AvgIpc) is 2.71. The number of hydrogen-bond acceptors (Lipinski definition) is 5. The number of anilines is 1. The predicted molar refractivity (Wildman–Crippen MR) is 45.2 cm³/mol. The van der Waals surface area contributed by atoms with Gasteiger partial charge in [0.15, 0.2) is 0 Å². The van der Waals surface area contributed by atoms with Crippen LogP contribution >= 0.6 is 0 Å². The first-order valence-electron chi connectivity index (χ1n) is 4.17. The van der Waals surface area contributed by atoms with Crippen LogP contribution in [0.1, 0.15) is 4.79 Å². The monoisotopic (exact) mass is 179 g/mol. The van der Waals surface area contributed by atoms with Gasteiger partial charge in [-0.3, -0.25) is 20.0 Å². The Morgan fingerprint density at radius 3 is 3.38 bits per heavy atom. The van der Waals surface area contributed by atoms with Gasteiger partial charge < -0.3 is 5.32 Å². The van der Waals surface area contributed by atoms with Gasteiger partial charge in [0.2, 0.25) is 5.95 Å².